The number of hydrogen-bond acceptors (Lipinski definition) is 2. The molecule has 0 fully saturated rings. The third kappa shape index (κ3) is 5.98. The summed E-state index contributed by atoms with van der Waals surface area (Å²) in [4.78, 5) is 2.31. The molecule has 0 heterocycles. The zero-order valence-corrected chi connectivity index (χ0v) is 13.5. The monoisotopic (exact) mass is 312 g/mol. The van der Waals surface area contributed by atoms with E-state index in [1.807, 2.05) is 0 Å². The topological polar surface area (TPSA) is 15.3 Å². The Hall–Kier alpha value is -0.380. The molecule has 0 amide bonds. The van der Waals surface area contributed by atoms with Gasteiger partial charge in [-0.15, -0.1) is 0 Å². The van der Waals surface area contributed by atoms with E-state index in [-0.39, 0.29) is 0 Å². The van der Waals surface area contributed by atoms with Gasteiger partial charge in [-0.05, 0) is 44.1 Å². The lowest BCUT2D eigenvalue weighted by molar-refractivity contribution is 0.246. The Labute approximate surface area is 120 Å². The number of nitrogens with zero attached hydrogens (tertiary/aromatic N) is 1. The van der Waals surface area contributed by atoms with Crippen molar-refractivity contribution in [3.8, 4) is 0 Å². The van der Waals surface area contributed by atoms with E-state index in [1.165, 1.54) is 12.0 Å². The van der Waals surface area contributed by atoms with Crippen molar-refractivity contribution in [2.75, 3.05) is 20.6 Å². The van der Waals surface area contributed by atoms with Crippen LogP contribution in [0.4, 0.5) is 0 Å². The number of rotatable bonds is 7. The van der Waals surface area contributed by atoms with Crippen molar-refractivity contribution in [1.82, 2.24) is 10.2 Å². The molecule has 0 aliphatic rings. The van der Waals surface area contributed by atoms with Crippen LogP contribution >= 0.6 is 15.9 Å². The second-order valence-electron chi connectivity index (χ2n) is 5.50. The fraction of sp³-hybridized carbons (Fsp3) is 0.600. The molecule has 0 saturated carbocycles. The second-order valence-corrected chi connectivity index (χ2v) is 6.42. The van der Waals surface area contributed by atoms with Gasteiger partial charge in [0.2, 0.25) is 0 Å². The highest BCUT2D eigenvalue weighted by molar-refractivity contribution is 9.10. The minimum Gasteiger partial charge on any atom is -0.311 e. The van der Waals surface area contributed by atoms with Crippen LogP contribution < -0.4 is 5.32 Å². The molecule has 18 heavy (non-hydrogen) atoms. The lowest BCUT2D eigenvalue weighted by atomic mass is 10.0. The van der Waals surface area contributed by atoms with Gasteiger partial charge in [0.05, 0.1) is 0 Å². The summed E-state index contributed by atoms with van der Waals surface area (Å²) in [5.41, 5.74) is 1.33. The average molecular weight is 313 g/mol. The Morgan fingerprint density at radius 2 is 1.78 bits per heavy atom. The first-order valence-electron chi connectivity index (χ1n) is 6.60. The minimum absolute atomic E-state index is 0.612. The smallest absolute Gasteiger partial charge is 0.0217 e. The van der Waals surface area contributed by atoms with E-state index in [9.17, 15) is 0 Å². The van der Waals surface area contributed by atoms with Crippen molar-refractivity contribution < 1.29 is 0 Å². The summed E-state index contributed by atoms with van der Waals surface area (Å²) in [6, 6.07) is 9.11. The molecule has 1 unspecified atom stereocenters. The molecule has 0 bridgehead atoms. The van der Waals surface area contributed by atoms with Crippen LogP contribution in [0.1, 0.15) is 25.8 Å². The van der Waals surface area contributed by atoms with Crippen LogP contribution in [-0.4, -0.2) is 31.6 Å². The summed E-state index contributed by atoms with van der Waals surface area (Å²) < 4.78 is 1.14. The minimum atomic E-state index is 0.612. The van der Waals surface area contributed by atoms with Crippen LogP contribution in [0.5, 0.6) is 0 Å². The molecule has 102 valence electrons. The van der Waals surface area contributed by atoms with E-state index in [0.29, 0.717) is 6.04 Å². The van der Waals surface area contributed by atoms with Gasteiger partial charge in [-0.1, -0.05) is 41.9 Å². The molecule has 1 N–H and O–H groups in total. The first-order valence-corrected chi connectivity index (χ1v) is 7.40. The summed E-state index contributed by atoms with van der Waals surface area (Å²) in [7, 11) is 4.32. The highest BCUT2D eigenvalue weighted by Gasteiger charge is 2.12. The molecule has 1 atom stereocenters. The normalized spacial score (nSPS) is 13.3. The van der Waals surface area contributed by atoms with Gasteiger partial charge >= 0.3 is 0 Å². The maximum absolute atomic E-state index is 3.55. The molecular weight excluding hydrogens is 288 g/mol. The molecule has 0 saturated heterocycles. The molecular formula is C15H25BrN2. The summed E-state index contributed by atoms with van der Waals surface area (Å²) in [5, 5.41) is 3.55. The zero-order chi connectivity index (χ0) is 13.5. The lowest BCUT2D eigenvalue weighted by Crippen LogP contribution is -2.38. The predicted octanol–water partition coefficient (Wildman–Crippen LogP) is 3.52. The maximum Gasteiger partial charge on any atom is 0.0217 e. The SMILES string of the molecule is CC(C)CC(CNCc1ccc(Br)cc1)N(C)C. The van der Waals surface area contributed by atoms with Gasteiger partial charge in [-0.25, -0.2) is 0 Å². The van der Waals surface area contributed by atoms with E-state index < -0.39 is 0 Å². The molecule has 0 aliphatic carbocycles. The second kappa shape index (κ2) is 7.93. The standard InChI is InChI=1S/C15H25BrN2/c1-12(2)9-15(18(3)4)11-17-10-13-5-7-14(16)8-6-13/h5-8,12,15,17H,9-11H2,1-4H3. The van der Waals surface area contributed by atoms with E-state index in [4.69, 9.17) is 0 Å². The van der Waals surface area contributed by atoms with Gasteiger partial charge in [-0.2, -0.15) is 0 Å². The van der Waals surface area contributed by atoms with Crippen molar-refractivity contribution in [1.29, 1.82) is 0 Å². The van der Waals surface area contributed by atoms with Gasteiger partial charge in [0.25, 0.3) is 0 Å². The summed E-state index contributed by atoms with van der Waals surface area (Å²) in [5.74, 6) is 0.742. The third-order valence-electron chi connectivity index (χ3n) is 3.10. The van der Waals surface area contributed by atoms with Gasteiger partial charge in [-0.3, -0.25) is 0 Å². The highest BCUT2D eigenvalue weighted by Crippen LogP contribution is 2.11. The van der Waals surface area contributed by atoms with Crippen LogP contribution in [0, 0.1) is 5.92 Å². The van der Waals surface area contributed by atoms with Crippen LogP contribution in [0.15, 0.2) is 28.7 Å². The molecule has 0 radical (unpaired) electrons. The van der Waals surface area contributed by atoms with E-state index in [1.54, 1.807) is 0 Å². The van der Waals surface area contributed by atoms with Crippen LogP contribution in [0.3, 0.4) is 0 Å². The summed E-state index contributed by atoms with van der Waals surface area (Å²) in [6.45, 7) is 6.55. The summed E-state index contributed by atoms with van der Waals surface area (Å²) in [6.07, 6.45) is 1.24. The molecule has 1 rings (SSSR count). The predicted molar refractivity (Wildman–Crippen MR) is 82.8 cm³/mol. The van der Waals surface area contributed by atoms with Crippen molar-refractivity contribution in [3.05, 3.63) is 34.3 Å². The Kier molecular flexibility index (Phi) is 6.90. The maximum atomic E-state index is 3.55. The Balaban J connectivity index is 2.36. The van der Waals surface area contributed by atoms with Crippen LogP contribution in [-0.2, 0) is 6.54 Å². The van der Waals surface area contributed by atoms with Gasteiger partial charge in [0, 0.05) is 23.6 Å². The molecule has 0 aliphatic heterocycles. The first-order chi connectivity index (χ1) is 8.49. The van der Waals surface area contributed by atoms with E-state index in [2.05, 4.69) is 78.4 Å². The average Bonchev–Trinajstić information content (AvgIpc) is 2.29. The Bertz CT molecular complexity index is 333. The van der Waals surface area contributed by atoms with Crippen molar-refractivity contribution in [2.24, 2.45) is 5.92 Å². The van der Waals surface area contributed by atoms with E-state index in [0.717, 1.165) is 23.5 Å². The molecule has 1 aromatic carbocycles. The number of benzene rings is 1. The number of hydrogen-bond donors (Lipinski definition) is 1. The highest BCUT2D eigenvalue weighted by atomic mass is 79.9. The lowest BCUT2D eigenvalue weighted by Gasteiger charge is -2.26. The third-order valence-corrected chi connectivity index (χ3v) is 3.62. The van der Waals surface area contributed by atoms with Crippen LogP contribution in [0.25, 0.3) is 0 Å². The fourth-order valence-electron chi connectivity index (χ4n) is 2.01. The number of nitrogens with one attached hydrogen (secondary N) is 1. The Morgan fingerprint density at radius 3 is 2.28 bits per heavy atom. The number of halogens is 1. The van der Waals surface area contributed by atoms with Gasteiger partial charge < -0.3 is 10.2 Å². The molecule has 2 nitrogen and oxygen atoms in total. The van der Waals surface area contributed by atoms with Gasteiger partial charge in [0.1, 0.15) is 0 Å². The molecule has 3 heteroatoms. The van der Waals surface area contributed by atoms with Crippen molar-refractivity contribution in [2.45, 2.75) is 32.9 Å². The van der Waals surface area contributed by atoms with Crippen LogP contribution in [0.2, 0.25) is 0 Å². The first kappa shape index (κ1) is 15.7. The zero-order valence-electron chi connectivity index (χ0n) is 11.9. The van der Waals surface area contributed by atoms with E-state index >= 15 is 0 Å². The largest absolute Gasteiger partial charge is 0.311 e. The molecule has 0 spiro atoms. The Morgan fingerprint density at radius 1 is 1.17 bits per heavy atom. The quantitative estimate of drug-likeness (QED) is 0.828. The summed E-state index contributed by atoms with van der Waals surface area (Å²) >= 11 is 3.46. The molecule has 0 aromatic heterocycles. The molecule has 1 aromatic rings. The fourth-order valence-corrected chi connectivity index (χ4v) is 2.27. The van der Waals surface area contributed by atoms with Crippen molar-refractivity contribution in [3.63, 3.8) is 0 Å². The number of likely N-dealkylation sites (N-methyl/N-ethyl adjacent to an activating group) is 1. The van der Waals surface area contributed by atoms with Gasteiger partial charge in [0.15, 0.2) is 0 Å². The van der Waals surface area contributed by atoms with Crippen molar-refractivity contribution >= 4 is 15.9 Å².